The van der Waals surface area contributed by atoms with Crippen LogP contribution in [0.4, 0.5) is 0 Å². The number of ether oxygens (including phenoxy) is 4. The van der Waals surface area contributed by atoms with Gasteiger partial charge in [0.25, 0.3) is 0 Å². The molecule has 0 bridgehead atoms. The normalized spacial score (nSPS) is 15.4. The van der Waals surface area contributed by atoms with Crippen LogP contribution in [0.25, 0.3) is 0 Å². The fraction of sp³-hybridized carbons (Fsp3) is 0.318. The van der Waals surface area contributed by atoms with E-state index in [9.17, 15) is 9.59 Å². The molecule has 0 unspecified atom stereocenters. The lowest BCUT2D eigenvalue weighted by molar-refractivity contribution is -0.120. The largest absolute Gasteiger partial charge is 0.497 e. The highest BCUT2D eigenvalue weighted by Crippen LogP contribution is 2.34. The van der Waals surface area contributed by atoms with Gasteiger partial charge < -0.3 is 18.9 Å². The number of carbonyl (C=O) groups is 2. The topological polar surface area (TPSA) is 107 Å². The molecule has 2 amide bonds. The van der Waals surface area contributed by atoms with Crippen LogP contribution in [0.5, 0.6) is 23.0 Å². The molecule has 9 nitrogen and oxygen atoms in total. The fourth-order valence-corrected chi connectivity index (χ4v) is 3.29. The molecule has 0 saturated heterocycles. The van der Waals surface area contributed by atoms with Gasteiger partial charge in [-0.3, -0.25) is 20.2 Å². The summed E-state index contributed by atoms with van der Waals surface area (Å²) in [5, 5.41) is 5.27. The minimum absolute atomic E-state index is 0.0718. The zero-order valence-corrected chi connectivity index (χ0v) is 17.9. The highest BCUT2D eigenvalue weighted by Gasteiger charge is 2.26. The van der Waals surface area contributed by atoms with Crippen LogP contribution < -0.4 is 29.6 Å². The van der Waals surface area contributed by atoms with Gasteiger partial charge in [-0.25, -0.2) is 4.99 Å². The van der Waals surface area contributed by atoms with Gasteiger partial charge in [0.15, 0.2) is 11.5 Å². The summed E-state index contributed by atoms with van der Waals surface area (Å²) < 4.78 is 21.1. The molecule has 2 N–H and O–H groups in total. The molecule has 0 spiro atoms. The maximum atomic E-state index is 12.5. The van der Waals surface area contributed by atoms with E-state index in [1.54, 1.807) is 57.7 Å². The zero-order valence-electron chi connectivity index (χ0n) is 17.9. The second-order valence-electron chi connectivity index (χ2n) is 6.77. The monoisotopic (exact) mass is 427 g/mol. The van der Waals surface area contributed by atoms with E-state index < -0.39 is 6.04 Å². The third-order valence-electron chi connectivity index (χ3n) is 4.79. The molecule has 0 saturated carbocycles. The lowest BCUT2D eigenvalue weighted by Gasteiger charge is -2.23. The first-order valence-corrected chi connectivity index (χ1v) is 9.57. The minimum Gasteiger partial charge on any atom is -0.497 e. The van der Waals surface area contributed by atoms with Gasteiger partial charge in [-0.15, -0.1) is 0 Å². The number of amides is 2. The first kappa shape index (κ1) is 21.9. The Morgan fingerprint density at radius 3 is 2.39 bits per heavy atom. The molecular formula is C22H25N3O6. The van der Waals surface area contributed by atoms with Crippen molar-refractivity contribution in [3.05, 3.63) is 47.5 Å². The van der Waals surface area contributed by atoms with E-state index in [2.05, 4.69) is 15.6 Å². The summed E-state index contributed by atoms with van der Waals surface area (Å²) in [7, 11) is 6.18. The number of methoxy groups -OCH3 is 4. The summed E-state index contributed by atoms with van der Waals surface area (Å²) in [5.41, 5.74) is 1.42. The quantitative estimate of drug-likeness (QED) is 0.700. The van der Waals surface area contributed by atoms with Crippen molar-refractivity contribution in [3.8, 4) is 23.0 Å². The van der Waals surface area contributed by atoms with Crippen LogP contribution in [0.2, 0.25) is 0 Å². The van der Waals surface area contributed by atoms with Crippen molar-refractivity contribution < 1.29 is 28.5 Å². The van der Waals surface area contributed by atoms with Crippen LogP contribution in [-0.2, 0) is 16.0 Å². The molecule has 0 aliphatic carbocycles. The molecule has 0 fully saturated rings. The number of nitrogens with one attached hydrogen (secondary N) is 2. The fourth-order valence-electron chi connectivity index (χ4n) is 3.29. The molecule has 1 aliphatic rings. The standard InChI is InChI=1S/C22H25N3O6/c1-28-14-6-8-17(29-2)15(11-14)16-12-21(27)25-22(23-16)24-20(26)10-13-5-7-18(30-3)19(9-13)31-4/h5-9,11,16H,10,12H2,1-4H3,(H2,23,24,25,26,27)/t16-/m0/s1. The Hall–Kier alpha value is -3.75. The predicted molar refractivity (Wildman–Crippen MR) is 114 cm³/mol. The Morgan fingerprint density at radius 2 is 1.71 bits per heavy atom. The number of hydrogen-bond donors (Lipinski definition) is 2. The Morgan fingerprint density at radius 1 is 1.00 bits per heavy atom. The SMILES string of the molecule is COc1ccc(OC)c([C@@H]2CC(=O)NC(NC(=O)Cc3ccc(OC)c(OC)c3)=N2)c1. The molecule has 1 heterocycles. The highest BCUT2D eigenvalue weighted by atomic mass is 16.5. The third-order valence-corrected chi connectivity index (χ3v) is 4.79. The summed E-state index contributed by atoms with van der Waals surface area (Å²) in [4.78, 5) is 29.3. The molecule has 1 aliphatic heterocycles. The van der Waals surface area contributed by atoms with E-state index >= 15 is 0 Å². The van der Waals surface area contributed by atoms with Crippen LogP contribution in [-0.4, -0.2) is 46.2 Å². The lowest BCUT2D eigenvalue weighted by atomic mass is 10.0. The summed E-state index contributed by atoms with van der Waals surface area (Å²) >= 11 is 0. The average molecular weight is 427 g/mol. The lowest BCUT2D eigenvalue weighted by Crippen LogP contribution is -2.47. The molecule has 3 rings (SSSR count). The summed E-state index contributed by atoms with van der Waals surface area (Å²) in [6.07, 6.45) is 0.195. The van der Waals surface area contributed by atoms with Crippen LogP contribution in [0, 0.1) is 0 Å². The van der Waals surface area contributed by atoms with Gasteiger partial charge in [-0.2, -0.15) is 0 Å². The smallest absolute Gasteiger partial charge is 0.231 e. The van der Waals surface area contributed by atoms with Gasteiger partial charge in [0, 0.05) is 5.56 Å². The van der Waals surface area contributed by atoms with Crippen LogP contribution in [0.3, 0.4) is 0 Å². The predicted octanol–water partition coefficient (Wildman–Crippen LogP) is 2.00. The van der Waals surface area contributed by atoms with Crippen LogP contribution in [0.1, 0.15) is 23.6 Å². The Balaban J connectivity index is 1.77. The molecule has 164 valence electrons. The van der Waals surface area contributed by atoms with E-state index in [-0.39, 0.29) is 30.6 Å². The number of benzene rings is 2. The number of nitrogens with zero attached hydrogens (tertiary/aromatic N) is 1. The average Bonchev–Trinajstić information content (AvgIpc) is 2.77. The van der Waals surface area contributed by atoms with Gasteiger partial charge in [-0.05, 0) is 35.9 Å². The van der Waals surface area contributed by atoms with Crippen LogP contribution >= 0.6 is 0 Å². The van der Waals surface area contributed by atoms with Gasteiger partial charge in [-0.1, -0.05) is 6.07 Å². The van der Waals surface area contributed by atoms with Gasteiger partial charge >= 0.3 is 0 Å². The molecule has 0 aromatic heterocycles. The Bertz CT molecular complexity index is 1000. The number of carbonyl (C=O) groups excluding carboxylic acids is 2. The van der Waals surface area contributed by atoms with Gasteiger partial charge in [0.05, 0.1) is 47.3 Å². The number of guanidine groups is 1. The van der Waals surface area contributed by atoms with Crippen molar-refractivity contribution in [3.63, 3.8) is 0 Å². The molecule has 9 heteroatoms. The van der Waals surface area contributed by atoms with E-state index in [0.29, 0.717) is 28.6 Å². The van der Waals surface area contributed by atoms with Crippen molar-refractivity contribution in [1.82, 2.24) is 10.6 Å². The molecule has 1 atom stereocenters. The second-order valence-corrected chi connectivity index (χ2v) is 6.77. The third kappa shape index (κ3) is 5.25. The number of rotatable bonds is 7. The van der Waals surface area contributed by atoms with Crippen molar-refractivity contribution in [2.75, 3.05) is 28.4 Å². The van der Waals surface area contributed by atoms with Crippen molar-refractivity contribution in [2.24, 2.45) is 4.99 Å². The summed E-state index contributed by atoms with van der Waals surface area (Å²) in [6.45, 7) is 0. The van der Waals surface area contributed by atoms with Crippen molar-refractivity contribution >= 4 is 17.8 Å². The first-order valence-electron chi connectivity index (χ1n) is 9.57. The molecular weight excluding hydrogens is 402 g/mol. The maximum absolute atomic E-state index is 12.5. The summed E-state index contributed by atoms with van der Waals surface area (Å²) in [5.74, 6) is 1.82. The van der Waals surface area contributed by atoms with E-state index in [0.717, 1.165) is 5.56 Å². The summed E-state index contributed by atoms with van der Waals surface area (Å²) in [6, 6.07) is 10.00. The molecule has 0 radical (unpaired) electrons. The van der Waals surface area contributed by atoms with Crippen molar-refractivity contribution in [2.45, 2.75) is 18.9 Å². The highest BCUT2D eigenvalue weighted by molar-refractivity contribution is 6.06. The van der Waals surface area contributed by atoms with Gasteiger partial charge in [0.1, 0.15) is 11.5 Å². The second kappa shape index (κ2) is 9.84. The van der Waals surface area contributed by atoms with Gasteiger partial charge in [0.2, 0.25) is 17.8 Å². The Kier molecular flexibility index (Phi) is 6.96. The zero-order chi connectivity index (χ0) is 22.4. The van der Waals surface area contributed by atoms with E-state index in [1.807, 2.05) is 0 Å². The van der Waals surface area contributed by atoms with Crippen LogP contribution in [0.15, 0.2) is 41.4 Å². The first-order chi connectivity index (χ1) is 15.0. The van der Waals surface area contributed by atoms with E-state index in [4.69, 9.17) is 18.9 Å². The van der Waals surface area contributed by atoms with Crippen molar-refractivity contribution in [1.29, 1.82) is 0 Å². The number of aliphatic imine (C=N–C) groups is 1. The molecule has 2 aromatic carbocycles. The van der Waals surface area contributed by atoms with E-state index in [1.165, 1.54) is 7.11 Å². The maximum Gasteiger partial charge on any atom is 0.231 e. The minimum atomic E-state index is -0.518. The molecule has 31 heavy (non-hydrogen) atoms. The molecule has 2 aromatic rings. The Labute approximate surface area is 180 Å². The number of hydrogen-bond acceptors (Lipinski definition) is 7.